The Kier molecular flexibility index (Phi) is 9.38. The zero-order chi connectivity index (χ0) is 25.3. The summed E-state index contributed by atoms with van der Waals surface area (Å²) in [7, 11) is 0. The zero-order valence-electron chi connectivity index (χ0n) is 21.3. The Morgan fingerprint density at radius 2 is 1.75 bits per heavy atom. The number of amides is 1. The number of anilines is 1. The van der Waals surface area contributed by atoms with E-state index in [-0.39, 0.29) is 5.91 Å². The minimum absolute atomic E-state index is 0.106. The van der Waals surface area contributed by atoms with Crippen LogP contribution in [-0.2, 0) is 4.74 Å². The van der Waals surface area contributed by atoms with E-state index in [1.165, 1.54) is 11.3 Å². The molecule has 4 rings (SSSR count). The molecule has 1 aromatic heterocycles. The first-order valence-corrected chi connectivity index (χ1v) is 13.5. The Hall–Kier alpha value is -2.88. The van der Waals surface area contributed by atoms with E-state index in [2.05, 4.69) is 4.90 Å². The molecule has 0 spiro atoms. The summed E-state index contributed by atoms with van der Waals surface area (Å²) in [6.07, 6.45) is 0.835. The van der Waals surface area contributed by atoms with Gasteiger partial charge in [0.25, 0.3) is 5.91 Å². The Balaban J connectivity index is 1.61. The van der Waals surface area contributed by atoms with Crippen LogP contribution in [0, 0.1) is 0 Å². The lowest BCUT2D eigenvalue weighted by Gasteiger charge is -2.27. The fraction of sp³-hybridized carbons (Fsp3) is 0.481. The van der Waals surface area contributed by atoms with Gasteiger partial charge in [-0.15, -0.1) is 0 Å². The van der Waals surface area contributed by atoms with Gasteiger partial charge in [-0.1, -0.05) is 11.3 Å². The van der Waals surface area contributed by atoms with Crippen molar-refractivity contribution in [2.75, 3.05) is 64.1 Å². The minimum Gasteiger partial charge on any atom is -0.494 e. The number of ether oxygens (including phenoxy) is 4. The maximum absolute atomic E-state index is 13.8. The average molecular weight is 514 g/mol. The number of carbonyl (C=O) groups excluding carboxylic acids is 1. The van der Waals surface area contributed by atoms with E-state index in [9.17, 15) is 4.79 Å². The van der Waals surface area contributed by atoms with E-state index in [0.717, 1.165) is 55.2 Å². The van der Waals surface area contributed by atoms with Crippen LogP contribution in [-0.4, -0.2) is 75.0 Å². The Morgan fingerprint density at radius 3 is 2.50 bits per heavy atom. The Labute approximate surface area is 216 Å². The zero-order valence-corrected chi connectivity index (χ0v) is 22.1. The summed E-state index contributed by atoms with van der Waals surface area (Å²) in [5.74, 6) is 1.91. The third-order valence-corrected chi connectivity index (χ3v) is 6.93. The summed E-state index contributed by atoms with van der Waals surface area (Å²) < 4.78 is 23.6. The third kappa shape index (κ3) is 6.46. The molecule has 36 heavy (non-hydrogen) atoms. The molecule has 1 fully saturated rings. The highest BCUT2D eigenvalue weighted by atomic mass is 32.1. The van der Waals surface area contributed by atoms with Crippen LogP contribution in [0.15, 0.2) is 36.4 Å². The van der Waals surface area contributed by atoms with Crippen molar-refractivity contribution in [3.05, 3.63) is 42.0 Å². The fourth-order valence-electron chi connectivity index (χ4n) is 4.17. The van der Waals surface area contributed by atoms with Crippen molar-refractivity contribution in [2.45, 2.75) is 27.2 Å². The van der Waals surface area contributed by atoms with Gasteiger partial charge in [-0.25, -0.2) is 4.98 Å². The van der Waals surface area contributed by atoms with Crippen LogP contribution in [0.3, 0.4) is 0 Å². The number of nitrogens with zero attached hydrogens (tertiary/aromatic N) is 3. The van der Waals surface area contributed by atoms with Crippen molar-refractivity contribution in [1.82, 2.24) is 9.88 Å². The monoisotopic (exact) mass is 513 g/mol. The van der Waals surface area contributed by atoms with Gasteiger partial charge >= 0.3 is 0 Å². The third-order valence-electron chi connectivity index (χ3n) is 5.89. The molecular weight excluding hydrogens is 478 g/mol. The van der Waals surface area contributed by atoms with Crippen LogP contribution in [0.5, 0.6) is 17.2 Å². The second kappa shape index (κ2) is 12.9. The van der Waals surface area contributed by atoms with Gasteiger partial charge in [0.2, 0.25) is 0 Å². The average Bonchev–Trinajstić information content (AvgIpc) is 3.31. The summed E-state index contributed by atoms with van der Waals surface area (Å²) in [6, 6.07) is 11.2. The quantitative estimate of drug-likeness (QED) is 0.342. The summed E-state index contributed by atoms with van der Waals surface area (Å²) in [6.45, 7) is 12.2. The molecule has 0 aliphatic carbocycles. The van der Waals surface area contributed by atoms with Crippen LogP contribution < -0.4 is 19.1 Å². The summed E-state index contributed by atoms with van der Waals surface area (Å²) in [5.41, 5.74) is 1.40. The second-order valence-corrected chi connectivity index (χ2v) is 9.36. The molecule has 0 atom stereocenters. The van der Waals surface area contributed by atoms with Crippen LogP contribution in [0.25, 0.3) is 10.2 Å². The second-order valence-electron chi connectivity index (χ2n) is 8.35. The molecule has 1 amide bonds. The van der Waals surface area contributed by atoms with E-state index in [0.29, 0.717) is 48.6 Å². The number of carbonyl (C=O) groups is 1. The molecule has 9 heteroatoms. The van der Waals surface area contributed by atoms with Gasteiger partial charge in [-0.05, 0) is 63.6 Å². The van der Waals surface area contributed by atoms with E-state index >= 15 is 0 Å². The smallest absolute Gasteiger partial charge is 0.260 e. The van der Waals surface area contributed by atoms with Gasteiger partial charge in [-0.2, -0.15) is 0 Å². The van der Waals surface area contributed by atoms with Crippen LogP contribution in [0.1, 0.15) is 37.6 Å². The molecule has 1 aliphatic rings. The Bertz CT molecular complexity index is 1150. The van der Waals surface area contributed by atoms with Gasteiger partial charge in [0.1, 0.15) is 5.75 Å². The molecule has 0 unspecified atom stereocenters. The number of benzene rings is 2. The molecular formula is C27H35N3O5S. The number of hydrogen-bond acceptors (Lipinski definition) is 8. The first-order chi connectivity index (χ1) is 17.6. The Morgan fingerprint density at radius 1 is 1.00 bits per heavy atom. The van der Waals surface area contributed by atoms with Crippen molar-refractivity contribution in [1.29, 1.82) is 0 Å². The van der Waals surface area contributed by atoms with Crippen molar-refractivity contribution >= 4 is 32.6 Å². The number of fused-ring (bicyclic) bond motifs is 1. The molecule has 0 saturated carbocycles. The van der Waals surface area contributed by atoms with Gasteiger partial charge < -0.3 is 18.9 Å². The maximum Gasteiger partial charge on any atom is 0.260 e. The van der Waals surface area contributed by atoms with E-state index in [1.54, 1.807) is 23.1 Å². The molecule has 0 N–H and O–H groups in total. The highest BCUT2D eigenvalue weighted by molar-refractivity contribution is 7.22. The first kappa shape index (κ1) is 26.2. The maximum atomic E-state index is 13.8. The number of aromatic nitrogens is 1. The van der Waals surface area contributed by atoms with Crippen molar-refractivity contribution < 1.29 is 23.7 Å². The molecule has 3 aromatic rings. The van der Waals surface area contributed by atoms with Crippen LogP contribution in [0.4, 0.5) is 5.13 Å². The lowest BCUT2D eigenvalue weighted by molar-refractivity contribution is 0.0376. The SMILES string of the molecule is CCOc1ccc2nc(N(CCCN3CCOCC3)C(=O)c3ccc(OCC)c(OCC)c3)sc2c1. The predicted octanol–water partition coefficient (Wildman–Crippen LogP) is 4.86. The lowest BCUT2D eigenvalue weighted by Crippen LogP contribution is -2.39. The van der Waals surface area contributed by atoms with Crippen molar-refractivity contribution in [2.24, 2.45) is 0 Å². The lowest BCUT2D eigenvalue weighted by atomic mass is 10.1. The highest BCUT2D eigenvalue weighted by Gasteiger charge is 2.23. The molecule has 2 heterocycles. The largest absolute Gasteiger partial charge is 0.494 e. The molecule has 194 valence electrons. The van der Waals surface area contributed by atoms with E-state index < -0.39 is 0 Å². The molecule has 1 saturated heterocycles. The molecule has 0 bridgehead atoms. The number of morpholine rings is 1. The normalized spacial score (nSPS) is 14.1. The number of hydrogen-bond donors (Lipinski definition) is 0. The molecule has 0 radical (unpaired) electrons. The van der Waals surface area contributed by atoms with Gasteiger partial charge in [0.15, 0.2) is 16.6 Å². The first-order valence-electron chi connectivity index (χ1n) is 12.7. The molecule has 2 aromatic carbocycles. The van der Waals surface area contributed by atoms with E-state index in [1.807, 2.05) is 39.0 Å². The van der Waals surface area contributed by atoms with Crippen LogP contribution in [0.2, 0.25) is 0 Å². The van der Waals surface area contributed by atoms with Gasteiger partial charge in [-0.3, -0.25) is 14.6 Å². The summed E-state index contributed by atoms with van der Waals surface area (Å²) in [5, 5.41) is 0.678. The van der Waals surface area contributed by atoms with Crippen LogP contribution >= 0.6 is 11.3 Å². The standard InChI is InChI=1S/C27H35N3O5S/c1-4-33-21-9-10-22-25(19-21)36-27(28-22)30(13-7-12-29-14-16-32-17-15-29)26(31)20-8-11-23(34-5-2)24(18-20)35-6-3/h8-11,18-19H,4-7,12-17H2,1-3H3. The number of thiazole rings is 1. The van der Waals surface area contributed by atoms with E-state index in [4.69, 9.17) is 23.9 Å². The number of rotatable bonds is 12. The summed E-state index contributed by atoms with van der Waals surface area (Å²) >= 11 is 1.50. The van der Waals surface area contributed by atoms with Crippen molar-refractivity contribution in [3.63, 3.8) is 0 Å². The fourth-order valence-corrected chi connectivity index (χ4v) is 5.18. The summed E-state index contributed by atoms with van der Waals surface area (Å²) in [4.78, 5) is 22.8. The molecule has 1 aliphatic heterocycles. The predicted molar refractivity (Wildman–Crippen MR) is 143 cm³/mol. The van der Waals surface area contributed by atoms with Gasteiger partial charge in [0.05, 0.1) is 43.3 Å². The topological polar surface area (TPSA) is 73.4 Å². The minimum atomic E-state index is -0.106. The van der Waals surface area contributed by atoms with Gasteiger partial charge in [0, 0.05) is 31.7 Å². The highest BCUT2D eigenvalue weighted by Crippen LogP contribution is 2.34. The molecule has 8 nitrogen and oxygen atoms in total. The van der Waals surface area contributed by atoms with Crippen molar-refractivity contribution in [3.8, 4) is 17.2 Å².